The van der Waals surface area contributed by atoms with Crippen LogP contribution in [-0.4, -0.2) is 5.91 Å². The maximum absolute atomic E-state index is 11.1. The SMILES string of the molecule is C#C.CC.Cc1ccc2c(c1)C(=O)NC2. The predicted molar refractivity (Wildman–Crippen MR) is 63.6 cm³/mol. The van der Waals surface area contributed by atoms with Crippen LogP contribution in [0.3, 0.4) is 0 Å². The van der Waals surface area contributed by atoms with Crippen molar-refractivity contribution in [2.24, 2.45) is 0 Å². The summed E-state index contributed by atoms with van der Waals surface area (Å²) in [4.78, 5) is 11.1. The normalized spacial score (nSPS) is 11.1. The number of benzene rings is 1. The van der Waals surface area contributed by atoms with Crippen molar-refractivity contribution in [2.45, 2.75) is 27.3 Å². The summed E-state index contributed by atoms with van der Waals surface area (Å²) in [5, 5.41) is 2.77. The number of carbonyl (C=O) groups excluding carboxylic acids is 1. The van der Waals surface area contributed by atoms with Crippen molar-refractivity contribution >= 4 is 5.91 Å². The average Bonchev–Trinajstić information content (AvgIpc) is 2.66. The molecule has 0 saturated carbocycles. The van der Waals surface area contributed by atoms with Gasteiger partial charge in [0.05, 0.1) is 0 Å². The molecule has 0 radical (unpaired) electrons. The molecule has 2 rings (SSSR count). The fourth-order valence-electron chi connectivity index (χ4n) is 1.33. The molecule has 2 nitrogen and oxygen atoms in total. The van der Waals surface area contributed by atoms with E-state index in [1.807, 2.05) is 39.0 Å². The lowest BCUT2D eigenvalue weighted by atomic mass is 10.1. The maximum Gasteiger partial charge on any atom is 0.251 e. The number of hydrogen-bond acceptors (Lipinski definition) is 1. The van der Waals surface area contributed by atoms with E-state index >= 15 is 0 Å². The Morgan fingerprint density at radius 3 is 2.47 bits per heavy atom. The molecule has 1 aromatic carbocycles. The fourth-order valence-corrected chi connectivity index (χ4v) is 1.33. The lowest BCUT2D eigenvalue weighted by molar-refractivity contribution is 0.0965. The zero-order chi connectivity index (χ0) is 11.8. The monoisotopic (exact) mass is 203 g/mol. The van der Waals surface area contributed by atoms with Crippen LogP contribution in [-0.2, 0) is 6.54 Å². The number of amides is 1. The first-order chi connectivity index (χ1) is 7.27. The topological polar surface area (TPSA) is 29.1 Å². The first-order valence-corrected chi connectivity index (χ1v) is 4.98. The van der Waals surface area contributed by atoms with E-state index < -0.39 is 0 Å². The summed E-state index contributed by atoms with van der Waals surface area (Å²) in [6, 6.07) is 5.96. The van der Waals surface area contributed by atoms with Gasteiger partial charge in [0.2, 0.25) is 0 Å². The zero-order valence-electron chi connectivity index (χ0n) is 9.50. The van der Waals surface area contributed by atoms with Gasteiger partial charge in [0.1, 0.15) is 0 Å². The molecule has 15 heavy (non-hydrogen) atoms. The van der Waals surface area contributed by atoms with Crippen LogP contribution >= 0.6 is 0 Å². The second kappa shape index (κ2) is 6.67. The van der Waals surface area contributed by atoms with Crippen molar-refractivity contribution in [3.63, 3.8) is 0 Å². The molecule has 0 saturated heterocycles. The smallest absolute Gasteiger partial charge is 0.251 e. The number of rotatable bonds is 0. The summed E-state index contributed by atoms with van der Waals surface area (Å²) >= 11 is 0. The quantitative estimate of drug-likeness (QED) is 0.645. The van der Waals surface area contributed by atoms with Gasteiger partial charge in [-0.05, 0) is 18.6 Å². The molecule has 1 aliphatic rings. The van der Waals surface area contributed by atoms with Crippen LogP contribution in [0.4, 0.5) is 0 Å². The largest absolute Gasteiger partial charge is 0.348 e. The molecular weight excluding hydrogens is 186 g/mol. The minimum Gasteiger partial charge on any atom is -0.348 e. The molecule has 0 spiro atoms. The highest BCUT2D eigenvalue weighted by Gasteiger charge is 2.17. The molecule has 0 bridgehead atoms. The van der Waals surface area contributed by atoms with Gasteiger partial charge in [-0.25, -0.2) is 0 Å². The predicted octanol–water partition coefficient (Wildman–Crippen LogP) is 2.51. The minimum absolute atomic E-state index is 0.0590. The molecule has 0 atom stereocenters. The Bertz CT molecular complexity index is 353. The molecule has 0 aliphatic carbocycles. The standard InChI is InChI=1S/C9H9NO.C2H6.C2H2/c1-6-2-3-7-5-10-9(11)8(7)4-6;2*1-2/h2-4H,5H2,1H3,(H,10,11);1-2H3;1-2H. The number of fused-ring (bicyclic) bond motifs is 1. The molecule has 2 heteroatoms. The molecule has 1 aromatic rings. The highest BCUT2D eigenvalue weighted by Crippen LogP contribution is 2.16. The zero-order valence-corrected chi connectivity index (χ0v) is 9.50. The average molecular weight is 203 g/mol. The van der Waals surface area contributed by atoms with Gasteiger partial charge in [0.25, 0.3) is 5.91 Å². The third-order valence-electron chi connectivity index (χ3n) is 1.95. The van der Waals surface area contributed by atoms with Crippen molar-refractivity contribution in [1.82, 2.24) is 5.32 Å². The van der Waals surface area contributed by atoms with Crippen LogP contribution in [0.15, 0.2) is 18.2 Å². The Hall–Kier alpha value is -1.75. The molecule has 1 N–H and O–H groups in total. The molecule has 1 aliphatic heterocycles. The molecule has 0 fully saturated rings. The Balaban J connectivity index is 0.000000442. The fraction of sp³-hybridized carbons (Fsp3) is 0.308. The minimum atomic E-state index is 0.0590. The summed E-state index contributed by atoms with van der Waals surface area (Å²) in [6.07, 6.45) is 8.00. The third kappa shape index (κ3) is 3.14. The number of nitrogens with one attached hydrogen (secondary N) is 1. The van der Waals surface area contributed by atoms with Crippen molar-refractivity contribution in [2.75, 3.05) is 0 Å². The molecule has 0 aromatic heterocycles. The Kier molecular flexibility index (Phi) is 5.89. The lowest BCUT2D eigenvalue weighted by Crippen LogP contribution is -2.12. The van der Waals surface area contributed by atoms with Gasteiger partial charge in [-0.3, -0.25) is 4.79 Å². The first-order valence-electron chi connectivity index (χ1n) is 4.98. The van der Waals surface area contributed by atoms with Crippen LogP contribution in [0.1, 0.15) is 35.3 Å². The summed E-state index contributed by atoms with van der Waals surface area (Å²) in [5.74, 6) is 0.0590. The van der Waals surface area contributed by atoms with E-state index in [1.165, 1.54) is 0 Å². The molecule has 1 amide bonds. The number of terminal acetylenes is 1. The van der Waals surface area contributed by atoms with E-state index in [0.29, 0.717) is 6.54 Å². The number of carbonyl (C=O) groups is 1. The van der Waals surface area contributed by atoms with Crippen molar-refractivity contribution in [3.8, 4) is 12.8 Å². The van der Waals surface area contributed by atoms with Crippen LogP contribution in [0.2, 0.25) is 0 Å². The van der Waals surface area contributed by atoms with E-state index in [4.69, 9.17) is 0 Å². The summed E-state index contributed by atoms with van der Waals surface area (Å²) in [6.45, 7) is 6.68. The third-order valence-corrected chi connectivity index (χ3v) is 1.95. The van der Waals surface area contributed by atoms with E-state index in [9.17, 15) is 4.79 Å². The summed E-state index contributed by atoms with van der Waals surface area (Å²) in [5.41, 5.74) is 3.09. The maximum atomic E-state index is 11.1. The second-order valence-electron chi connectivity index (χ2n) is 2.84. The van der Waals surface area contributed by atoms with E-state index in [-0.39, 0.29) is 5.91 Å². The Morgan fingerprint density at radius 1 is 1.27 bits per heavy atom. The van der Waals surface area contributed by atoms with Gasteiger partial charge in [-0.1, -0.05) is 31.5 Å². The molecular formula is C13H17NO. The van der Waals surface area contributed by atoms with E-state index in [1.54, 1.807) is 0 Å². The van der Waals surface area contributed by atoms with Gasteiger partial charge < -0.3 is 5.32 Å². The Labute approximate surface area is 91.7 Å². The summed E-state index contributed by atoms with van der Waals surface area (Å²) < 4.78 is 0. The number of hydrogen-bond donors (Lipinski definition) is 1. The number of aryl methyl sites for hydroxylation is 1. The van der Waals surface area contributed by atoms with Crippen molar-refractivity contribution < 1.29 is 4.79 Å². The van der Waals surface area contributed by atoms with Gasteiger partial charge in [0, 0.05) is 12.1 Å². The van der Waals surface area contributed by atoms with Gasteiger partial charge in [-0.2, -0.15) is 0 Å². The summed E-state index contributed by atoms with van der Waals surface area (Å²) in [7, 11) is 0. The lowest BCUT2D eigenvalue weighted by Gasteiger charge is -1.95. The molecule has 1 heterocycles. The van der Waals surface area contributed by atoms with Crippen LogP contribution in [0.5, 0.6) is 0 Å². The molecule has 0 unspecified atom stereocenters. The van der Waals surface area contributed by atoms with Crippen molar-refractivity contribution in [3.05, 3.63) is 34.9 Å². The highest BCUT2D eigenvalue weighted by atomic mass is 16.1. The Morgan fingerprint density at radius 2 is 1.87 bits per heavy atom. The van der Waals surface area contributed by atoms with Crippen molar-refractivity contribution in [1.29, 1.82) is 0 Å². The second-order valence-corrected chi connectivity index (χ2v) is 2.84. The van der Waals surface area contributed by atoms with Crippen LogP contribution in [0.25, 0.3) is 0 Å². The van der Waals surface area contributed by atoms with E-state index in [0.717, 1.165) is 16.7 Å². The van der Waals surface area contributed by atoms with E-state index in [2.05, 4.69) is 18.2 Å². The highest BCUT2D eigenvalue weighted by molar-refractivity contribution is 5.98. The van der Waals surface area contributed by atoms with Gasteiger partial charge in [0.15, 0.2) is 0 Å². The molecule has 80 valence electrons. The van der Waals surface area contributed by atoms with Gasteiger partial charge in [-0.15, -0.1) is 12.8 Å². The van der Waals surface area contributed by atoms with Crippen LogP contribution in [0, 0.1) is 19.8 Å². The van der Waals surface area contributed by atoms with Crippen LogP contribution < -0.4 is 5.32 Å². The van der Waals surface area contributed by atoms with Gasteiger partial charge >= 0.3 is 0 Å². The first kappa shape index (κ1) is 13.2.